The van der Waals surface area contributed by atoms with Crippen molar-refractivity contribution in [2.75, 3.05) is 0 Å². The van der Waals surface area contributed by atoms with Crippen LogP contribution in [0.2, 0.25) is 0 Å². The molecule has 0 radical (unpaired) electrons. The monoisotopic (exact) mass is 306 g/mol. The van der Waals surface area contributed by atoms with Crippen molar-refractivity contribution in [3.63, 3.8) is 0 Å². The number of fused-ring (bicyclic) bond motifs is 3. The van der Waals surface area contributed by atoms with Gasteiger partial charge >= 0.3 is 0 Å². The number of oxazole rings is 1. The Kier molecular flexibility index (Phi) is 3.31. The van der Waals surface area contributed by atoms with Crippen molar-refractivity contribution in [2.24, 2.45) is 0 Å². The van der Waals surface area contributed by atoms with Crippen LogP contribution in [-0.2, 0) is 5.75 Å². The summed E-state index contributed by atoms with van der Waals surface area (Å²) in [6.45, 7) is 1.98. The van der Waals surface area contributed by atoms with Gasteiger partial charge in [0.05, 0.1) is 11.2 Å². The summed E-state index contributed by atoms with van der Waals surface area (Å²) in [6, 6.07) is 18.3. The predicted molar refractivity (Wildman–Crippen MR) is 90.1 cm³/mol. The van der Waals surface area contributed by atoms with Crippen LogP contribution in [0.15, 0.2) is 64.2 Å². The summed E-state index contributed by atoms with van der Waals surface area (Å²) in [6.07, 6.45) is 0. The van der Waals surface area contributed by atoms with Gasteiger partial charge < -0.3 is 4.42 Å². The lowest BCUT2D eigenvalue weighted by Gasteiger charge is -1.98. The van der Waals surface area contributed by atoms with Crippen molar-refractivity contribution >= 4 is 33.8 Å². The number of aromatic nitrogens is 2. The second-order valence-corrected chi connectivity index (χ2v) is 6.07. The Hall–Kier alpha value is -2.33. The standard InChI is InChI=1S/C18H14N2OS/c1-12-16-17(14-9-5-6-10-15(14)19-12)21-18(20-16)22-11-13-7-3-2-4-8-13/h2-10H,11H2,1H3. The lowest BCUT2D eigenvalue weighted by Crippen LogP contribution is -1.85. The fourth-order valence-electron chi connectivity index (χ4n) is 2.51. The minimum atomic E-state index is 0.695. The molecule has 4 heteroatoms. The van der Waals surface area contributed by atoms with Gasteiger partial charge in [-0.05, 0) is 24.6 Å². The summed E-state index contributed by atoms with van der Waals surface area (Å²) < 4.78 is 6.00. The van der Waals surface area contributed by atoms with Crippen LogP contribution in [0.3, 0.4) is 0 Å². The van der Waals surface area contributed by atoms with Crippen LogP contribution < -0.4 is 0 Å². The van der Waals surface area contributed by atoms with Crippen LogP contribution in [-0.4, -0.2) is 9.97 Å². The van der Waals surface area contributed by atoms with Crippen LogP contribution in [0, 0.1) is 6.92 Å². The Morgan fingerprint density at radius 3 is 2.59 bits per heavy atom. The molecule has 0 aliphatic heterocycles. The van der Waals surface area contributed by atoms with Crippen molar-refractivity contribution in [3.8, 4) is 0 Å². The van der Waals surface area contributed by atoms with E-state index in [2.05, 4.69) is 22.1 Å². The molecule has 3 nitrogen and oxygen atoms in total. The Morgan fingerprint density at radius 2 is 1.73 bits per heavy atom. The lowest BCUT2D eigenvalue weighted by atomic mass is 10.2. The number of aryl methyl sites for hydroxylation is 1. The first-order chi connectivity index (χ1) is 10.8. The van der Waals surface area contributed by atoms with Crippen LogP contribution in [0.5, 0.6) is 0 Å². The van der Waals surface area contributed by atoms with E-state index in [1.807, 2.05) is 49.4 Å². The summed E-state index contributed by atoms with van der Waals surface area (Å²) in [5.74, 6) is 0.845. The van der Waals surface area contributed by atoms with Gasteiger partial charge in [0.15, 0.2) is 5.58 Å². The molecule has 0 amide bonds. The van der Waals surface area contributed by atoms with Gasteiger partial charge in [-0.3, -0.25) is 4.98 Å². The fourth-order valence-corrected chi connectivity index (χ4v) is 3.29. The smallest absolute Gasteiger partial charge is 0.257 e. The number of hydrogen-bond donors (Lipinski definition) is 0. The molecule has 0 atom stereocenters. The van der Waals surface area contributed by atoms with Gasteiger partial charge in [-0.15, -0.1) is 0 Å². The third-order valence-corrected chi connectivity index (χ3v) is 4.49. The molecule has 0 aliphatic rings. The van der Waals surface area contributed by atoms with Gasteiger partial charge in [0.2, 0.25) is 0 Å². The number of para-hydroxylation sites is 1. The largest absolute Gasteiger partial charge is 0.431 e. The molecular formula is C18H14N2OS. The number of benzene rings is 2. The Labute approximate surface area is 132 Å². The van der Waals surface area contributed by atoms with E-state index in [1.165, 1.54) is 5.56 Å². The molecule has 4 aromatic rings. The zero-order valence-electron chi connectivity index (χ0n) is 12.1. The van der Waals surface area contributed by atoms with Gasteiger partial charge in [0.1, 0.15) is 5.52 Å². The number of nitrogens with zero attached hydrogens (tertiary/aromatic N) is 2. The third-order valence-electron chi connectivity index (χ3n) is 3.59. The van der Waals surface area contributed by atoms with Crippen LogP contribution >= 0.6 is 11.8 Å². The minimum Gasteiger partial charge on any atom is -0.431 e. The minimum absolute atomic E-state index is 0.695. The third kappa shape index (κ3) is 2.35. The maximum atomic E-state index is 6.00. The van der Waals surface area contributed by atoms with Gasteiger partial charge in [0, 0.05) is 11.1 Å². The average Bonchev–Trinajstić information content (AvgIpc) is 2.99. The highest BCUT2D eigenvalue weighted by molar-refractivity contribution is 7.98. The zero-order valence-corrected chi connectivity index (χ0v) is 12.9. The van der Waals surface area contributed by atoms with E-state index in [9.17, 15) is 0 Å². The molecule has 22 heavy (non-hydrogen) atoms. The highest BCUT2D eigenvalue weighted by Crippen LogP contribution is 2.31. The van der Waals surface area contributed by atoms with E-state index < -0.39 is 0 Å². The lowest BCUT2D eigenvalue weighted by molar-refractivity contribution is 0.491. The second-order valence-electron chi connectivity index (χ2n) is 5.15. The number of pyridine rings is 1. The zero-order chi connectivity index (χ0) is 14.9. The summed E-state index contributed by atoms with van der Waals surface area (Å²) in [5.41, 5.74) is 4.80. The van der Waals surface area contributed by atoms with E-state index in [0.717, 1.165) is 33.4 Å². The summed E-state index contributed by atoms with van der Waals surface area (Å²) >= 11 is 1.61. The summed E-state index contributed by atoms with van der Waals surface area (Å²) in [5, 5.41) is 1.71. The topological polar surface area (TPSA) is 38.9 Å². The molecule has 0 fully saturated rings. The molecule has 0 N–H and O–H groups in total. The molecule has 2 heterocycles. The molecule has 0 bridgehead atoms. The Bertz CT molecular complexity index is 947. The maximum Gasteiger partial charge on any atom is 0.257 e. The van der Waals surface area contributed by atoms with E-state index in [4.69, 9.17) is 4.42 Å². The van der Waals surface area contributed by atoms with E-state index in [0.29, 0.717) is 5.22 Å². The van der Waals surface area contributed by atoms with Gasteiger partial charge in [-0.25, -0.2) is 4.98 Å². The van der Waals surface area contributed by atoms with Gasteiger partial charge in [-0.1, -0.05) is 54.2 Å². The molecule has 0 saturated carbocycles. The molecule has 0 saturated heterocycles. The molecule has 0 unspecified atom stereocenters. The Balaban J connectivity index is 1.74. The van der Waals surface area contributed by atoms with Crippen molar-refractivity contribution in [1.82, 2.24) is 9.97 Å². The normalized spacial score (nSPS) is 11.3. The van der Waals surface area contributed by atoms with Crippen molar-refractivity contribution < 1.29 is 4.42 Å². The molecule has 0 aliphatic carbocycles. The van der Waals surface area contributed by atoms with Crippen molar-refractivity contribution in [3.05, 3.63) is 65.9 Å². The second kappa shape index (κ2) is 5.46. The quantitative estimate of drug-likeness (QED) is 0.501. The van der Waals surface area contributed by atoms with Crippen LogP contribution in [0.4, 0.5) is 0 Å². The first-order valence-electron chi connectivity index (χ1n) is 7.14. The number of thioether (sulfide) groups is 1. The van der Waals surface area contributed by atoms with Gasteiger partial charge in [0.25, 0.3) is 5.22 Å². The number of rotatable bonds is 3. The first kappa shape index (κ1) is 13.3. The molecule has 4 rings (SSSR count). The summed E-state index contributed by atoms with van der Waals surface area (Å²) in [7, 11) is 0. The molecule has 108 valence electrons. The fraction of sp³-hybridized carbons (Fsp3) is 0.111. The molecule has 0 spiro atoms. The highest BCUT2D eigenvalue weighted by Gasteiger charge is 2.13. The maximum absolute atomic E-state index is 6.00. The average molecular weight is 306 g/mol. The van der Waals surface area contributed by atoms with Crippen molar-refractivity contribution in [1.29, 1.82) is 0 Å². The van der Waals surface area contributed by atoms with E-state index in [-0.39, 0.29) is 0 Å². The first-order valence-corrected chi connectivity index (χ1v) is 8.12. The van der Waals surface area contributed by atoms with E-state index >= 15 is 0 Å². The van der Waals surface area contributed by atoms with E-state index in [1.54, 1.807) is 11.8 Å². The summed E-state index contributed by atoms with van der Waals surface area (Å²) in [4.78, 5) is 9.21. The molecular weight excluding hydrogens is 292 g/mol. The Morgan fingerprint density at radius 1 is 0.955 bits per heavy atom. The number of hydrogen-bond acceptors (Lipinski definition) is 4. The SMILES string of the molecule is Cc1nc2ccccc2c2oc(SCc3ccccc3)nc12. The van der Waals surface area contributed by atoms with Crippen LogP contribution in [0.25, 0.3) is 22.0 Å². The molecule has 2 aromatic heterocycles. The molecule has 2 aromatic carbocycles. The highest BCUT2D eigenvalue weighted by atomic mass is 32.2. The van der Waals surface area contributed by atoms with Crippen molar-refractivity contribution in [2.45, 2.75) is 17.9 Å². The predicted octanol–water partition coefficient (Wildman–Crippen LogP) is 4.98. The van der Waals surface area contributed by atoms with Gasteiger partial charge in [-0.2, -0.15) is 0 Å². The van der Waals surface area contributed by atoms with Crippen LogP contribution in [0.1, 0.15) is 11.3 Å².